The molecule has 0 radical (unpaired) electrons. The predicted molar refractivity (Wildman–Crippen MR) is 51.2 cm³/mol. The summed E-state index contributed by atoms with van der Waals surface area (Å²) in [6.07, 6.45) is -1.06. The maximum Gasteiger partial charge on any atom is 0.266 e. The van der Waals surface area contributed by atoms with Crippen molar-refractivity contribution < 1.29 is 8.78 Å². The van der Waals surface area contributed by atoms with Crippen LogP contribution in [0.4, 0.5) is 8.78 Å². The second-order valence-corrected chi connectivity index (χ2v) is 3.65. The average molecular weight is 262 g/mol. The molecule has 6 heteroatoms. The molecule has 3 nitrogen and oxygen atoms in total. The molecule has 0 aromatic carbocycles. The number of hydrogen-bond donors (Lipinski definition) is 0. The molecule has 2 heterocycles. The Balaban J connectivity index is 2.83. The lowest BCUT2D eigenvalue weighted by atomic mass is 10.2. The van der Waals surface area contributed by atoms with Crippen molar-refractivity contribution in [3.05, 3.63) is 22.4 Å². The largest absolute Gasteiger partial charge is 0.266 e. The summed E-state index contributed by atoms with van der Waals surface area (Å²) in [7, 11) is 1.61. The number of halogens is 3. The van der Waals surface area contributed by atoms with Gasteiger partial charge in [0.2, 0.25) is 0 Å². The van der Waals surface area contributed by atoms with Crippen molar-refractivity contribution >= 4 is 27.0 Å². The summed E-state index contributed by atoms with van der Waals surface area (Å²) < 4.78 is 27.1. The number of hydrogen-bond acceptors (Lipinski definition) is 2. The third-order valence-corrected chi connectivity index (χ3v) is 2.34. The Hall–Kier alpha value is -1.04. The van der Waals surface area contributed by atoms with E-state index in [1.54, 1.807) is 7.05 Å². The van der Waals surface area contributed by atoms with Crippen molar-refractivity contribution in [3.63, 3.8) is 0 Å². The first-order chi connectivity index (χ1) is 6.59. The molecule has 0 spiro atoms. The Bertz CT molecular complexity index is 481. The van der Waals surface area contributed by atoms with Crippen molar-refractivity contribution in [2.75, 3.05) is 0 Å². The van der Waals surface area contributed by atoms with Gasteiger partial charge in [0.25, 0.3) is 6.43 Å². The smallest absolute Gasteiger partial charge is 0.266 e. The molecule has 2 aromatic heterocycles. The molecule has 2 aromatic rings. The van der Waals surface area contributed by atoms with Crippen molar-refractivity contribution in [3.8, 4) is 0 Å². The first-order valence-electron chi connectivity index (χ1n) is 3.86. The van der Waals surface area contributed by atoms with E-state index in [2.05, 4.69) is 26.0 Å². The van der Waals surface area contributed by atoms with E-state index in [9.17, 15) is 8.78 Å². The van der Waals surface area contributed by atoms with Crippen molar-refractivity contribution in [2.45, 2.75) is 6.43 Å². The minimum atomic E-state index is -2.52. The molecule has 0 aliphatic rings. The zero-order valence-electron chi connectivity index (χ0n) is 7.21. The van der Waals surface area contributed by atoms with Gasteiger partial charge in [-0.15, -0.1) is 0 Å². The zero-order valence-corrected chi connectivity index (χ0v) is 8.79. The fourth-order valence-corrected chi connectivity index (χ4v) is 1.79. The molecule has 0 amide bonds. The van der Waals surface area contributed by atoms with E-state index in [0.29, 0.717) is 15.6 Å². The standard InChI is InChI=1S/C8H6BrF2N3/c1-14-7-4(8(10)11)2-6(9)13-5(7)3-12-14/h2-3,8H,1H3. The van der Waals surface area contributed by atoms with E-state index < -0.39 is 6.43 Å². The second kappa shape index (κ2) is 3.27. The second-order valence-electron chi connectivity index (χ2n) is 2.84. The molecule has 2 rings (SSSR count). The molecule has 0 N–H and O–H groups in total. The van der Waals surface area contributed by atoms with Gasteiger partial charge in [-0.3, -0.25) is 4.68 Å². The summed E-state index contributed by atoms with van der Waals surface area (Å²) in [6.45, 7) is 0. The van der Waals surface area contributed by atoms with Crippen LogP contribution in [0, 0.1) is 0 Å². The van der Waals surface area contributed by atoms with Crippen LogP contribution >= 0.6 is 15.9 Å². The molecular weight excluding hydrogens is 256 g/mol. The Morgan fingerprint density at radius 1 is 1.50 bits per heavy atom. The van der Waals surface area contributed by atoms with Crippen LogP contribution in [0.2, 0.25) is 0 Å². The third-order valence-electron chi connectivity index (χ3n) is 1.93. The summed E-state index contributed by atoms with van der Waals surface area (Å²) in [6, 6.07) is 1.31. The first kappa shape index (κ1) is 9.51. The number of fused-ring (bicyclic) bond motifs is 1. The highest BCUT2D eigenvalue weighted by Crippen LogP contribution is 2.28. The minimum absolute atomic E-state index is 0.0538. The fraction of sp³-hybridized carbons (Fsp3) is 0.250. The zero-order chi connectivity index (χ0) is 10.3. The predicted octanol–water partition coefficient (Wildman–Crippen LogP) is 2.67. The summed E-state index contributed by atoms with van der Waals surface area (Å²) in [5, 5.41) is 3.88. The molecule has 0 aliphatic heterocycles. The van der Waals surface area contributed by atoms with Gasteiger partial charge in [0.1, 0.15) is 10.1 Å². The van der Waals surface area contributed by atoms with Gasteiger partial charge in [-0.1, -0.05) is 0 Å². The summed E-state index contributed by atoms with van der Waals surface area (Å²) in [5.74, 6) is 0. The van der Waals surface area contributed by atoms with E-state index in [4.69, 9.17) is 0 Å². The van der Waals surface area contributed by atoms with Crippen molar-refractivity contribution in [1.29, 1.82) is 0 Å². The Morgan fingerprint density at radius 3 is 2.86 bits per heavy atom. The number of rotatable bonds is 1. The van der Waals surface area contributed by atoms with Gasteiger partial charge < -0.3 is 0 Å². The minimum Gasteiger partial charge on any atom is -0.266 e. The van der Waals surface area contributed by atoms with E-state index in [1.165, 1.54) is 16.9 Å². The lowest BCUT2D eigenvalue weighted by Crippen LogP contribution is -1.96. The van der Waals surface area contributed by atoms with Crippen LogP contribution in [0.5, 0.6) is 0 Å². The van der Waals surface area contributed by atoms with Crippen LogP contribution in [0.3, 0.4) is 0 Å². The molecule has 74 valence electrons. The highest BCUT2D eigenvalue weighted by molar-refractivity contribution is 9.10. The molecule has 0 saturated heterocycles. The lowest BCUT2D eigenvalue weighted by Gasteiger charge is -2.03. The van der Waals surface area contributed by atoms with E-state index in [-0.39, 0.29) is 5.56 Å². The molecule has 0 aliphatic carbocycles. The van der Waals surface area contributed by atoms with Crippen LogP contribution in [0.25, 0.3) is 11.0 Å². The maximum atomic E-state index is 12.6. The van der Waals surface area contributed by atoms with Crippen LogP contribution in [0.15, 0.2) is 16.9 Å². The monoisotopic (exact) mass is 261 g/mol. The van der Waals surface area contributed by atoms with Crippen molar-refractivity contribution in [1.82, 2.24) is 14.8 Å². The molecular formula is C8H6BrF2N3. The normalized spacial score (nSPS) is 11.5. The van der Waals surface area contributed by atoms with Crippen molar-refractivity contribution in [2.24, 2.45) is 7.05 Å². The van der Waals surface area contributed by atoms with Gasteiger partial charge in [0.15, 0.2) is 0 Å². The number of aryl methyl sites for hydroxylation is 1. The van der Waals surface area contributed by atoms with E-state index in [1.807, 2.05) is 0 Å². The van der Waals surface area contributed by atoms with Crippen LogP contribution in [-0.2, 0) is 7.05 Å². The van der Waals surface area contributed by atoms with E-state index in [0.717, 1.165) is 0 Å². The molecule has 0 atom stereocenters. The number of aromatic nitrogens is 3. The number of alkyl halides is 2. The fourth-order valence-electron chi connectivity index (χ4n) is 1.35. The van der Waals surface area contributed by atoms with Gasteiger partial charge in [0.05, 0.1) is 11.7 Å². The Labute approximate surface area is 86.9 Å². The van der Waals surface area contributed by atoms with Gasteiger partial charge in [-0.25, -0.2) is 13.8 Å². The molecule has 0 unspecified atom stereocenters. The van der Waals surface area contributed by atoms with Crippen LogP contribution < -0.4 is 0 Å². The van der Waals surface area contributed by atoms with Gasteiger partial charge >= 0.3 is 0 Å². The van der Waals surface area contributed by atoms with E-state index >= 15 is 0 Å². The summed E-state index contributed by atoms with van der Waals surface area (Å²) >= 11 is 3.08. The van der Waals surface area contributed by atoms with Crippen LogP contribution in [-0.4, -0.2) is 14.8 Å². The summed E-state index contributed by atoms with van der Waals surface area (Å²) in [5.41, 5.74) is 0.794. The van der Waals surface area contributed by atoms with Gasteiger partial charge in [-0.05, 0) is 22.0 Å². The Kier molecular flexibility index (Phi) is 2.22. The number of nitrogens with zero attached hydrogens (tertiary/aromatic N) is 3. The third kappa shape index (κ3) is 1.39. The molecule has 0 saturated carbocycles. The SMILES string of the molecule is Cn1ncc2nc(Br)cc(C(F)F)c21. The average Bonchev–Trinajstić information content (AvgIpc) is 2.46. The number of pyridine rings is 1. The Morgan fingerprint density at radius 2 is 2.21 bits per heavy atom. The topological polar surface area (TPSA) is 30.7 Å². The maximum absolute atomic E-state index is 12.6. The van der Waals surface area contributed by atoms with Crippen LogP contribution in [0.1, 0.15) is 12.0 Å². The molecule has 0 fully saturated rings. The quantitative estimate of drug-likeness (QED) is 0.739. The lowest BCUT2D eigenvalue weighted by molar-refractivity contribution is 0.152. The first-order valence-corrected chi connectivity index (χ1v) is 4.65. The molecule has 14 heavy (non-hydrogen) atoms. The van der Waals surface area contributed by atoms with Gasteiger partial charge in [0, 0.05) is 12.6 Å². The van der Waals surface area contributed by atoms with Gasteiger partial charge in [-0.2, -0.15) is 5.10 Å². The summed E-state index contributed by atoms with van der Waals surface area (Å²) in [4.78, 5) is 4.04. The highest BCUT2D eigenvalue weighted by Gasteiger charge is 2.16. The highest BCUT2D eigenvalue weighted by atomic mass is 79.9. The molecule has 0 bridgehead atoms.